The highest BCUT2D eigenvalue weighted by atomic mass is 15.0. The van der Waals surface area contributed by atoms with Gasteiger partial charge in [0, 0.05) is 16.7 Å². The van der Waals surface area contributed by atoms with E-state index in [1.807, 2.05) is 36.4 Å². The zero-order valence-corrected chi connectivity index (χ0v) is 25.7. The van der Waals surface area contributed by atoms with Crippen molar-refractivity contribution in [3.8, 4) is 45.3 Å². The molecule has 0 radical (unpaired) electrons. The van der Waals surface area contributed by atoms with Crippen molar-refractivity contribution in [2.75, 3.05) is 0 Å². The van der Waals surface area contributed by atoms with Crippen molar-refractivity contribution in [2.45, 2.75) is 43.9 Å². The molecular weight excluding hydrogens is 560 g/mol. The van der Waals surface area contributed by atoms with Crippen LogP contribution in [0.25, 0.3) is 60.9 Å². The van der Waals surface area contributed by atoms with Gasteiger partial charge in [0.15, 0.2) is 23.2 Å². The lowest BCUT2D eigenvalue weighted by Crippen LogP contribution is -2.48. The first kappa shape index (κ1) is 27.2. The molecule has 5 aromatic carbocycles. The third-order valence-electron chi connectivity index (χ3n) is 10.9. The monoisotopic (exact) mass is 594 g/mol. The van der Waals surface area contributed by atoms with Gasteiger partial charge in [-0.15, -0.1) is 0 Å². The van der Waals surface area contributed by atoms with E-state index in [0.717, 1.165) is 56.3 Å². The number of rotatable bonds is 5. The minimum atomic E-state index is 0.369. The fourth-order valence-corrected chi connectivity index (χ4v) is 9.17. The summed E-state index contributed by atoms with van der Waals surface area (Å²) in [6.07, 6.45) is 8.46. The van der Waals surface area contributed by atoms with Crippen molar-refractivity contribution in [3.63, 3.8) is 0 Å². The summed E-state index contributed by atoms with van der Waals surface area (Å²) in [4.78, 5) is 18.8. The molecule has 0 aliphatic heterocycles. The molecule has 1 aromatic heterocycles. The van der Waals surface area contributed by atoms with Gasteiger partial charge in [-0.3, -0.25) is 0 Å². The number of nitrogens with zero attached hydrogens (tertiary/aromatic N) is 4. The van der Waals surface area contributed by atoms with Crippen molar-refractivity contribution in [2.24, 2.45) is 17.8 Å². The summed E-state index contributed by atoms with van der Waals surface area (Å²) >= 11 is 0. The second-order valence-corrected chi connectivity index (χ2v) is 13.9. The summed E-state index contributed by atoms with van der Waals surface area (Å²) in [5.41, 5.74) is 7.67. The molecule has 4 aliphatic carbocycles. The summed E-state index contributed by atoms with van der Waals surface area (Å²) < 4.78 is 0. The molecular formula is C42H34N4. The van der Waals surface area contributed by atoms with E-state index in [1.165, 1.54) is 44.1 Å². The predicted molar refractivity (Wildman–Crippen MR) is 185 cm³/mol. The Morgan fingerprint density at radius 1 is 0.522 bits per heavy atom. The van der Waals surface area contributed by atoms with Crippen LogP contribution in [0.4, 0.5) is 5.69 Å². The van der Waals surface area contributed by atoms with Crippen LogP contribution in [0.5, 0.6) is 0 Å². The van der Waals surface area contributed by atoms with E-state index in [2.05, 4.69) is 83.7 Å². The lowest BCUT2D eigenvalue weighted by molar-refractivity contribution is -0.00518. The van der Waals surface area contributed by atoms with Crippen LogP contribution in [0, 0.1) is 24.3 Å². The molecule has 1 heterocycles. The SMILES string of the molecule is [C-]#[N+]c1cccc2cc(-c3cccc(-c4nc(-c5ccccc5)nc(-c5ccc(C67CC8CC(CC(C8)C6)C7)cc5)n4)c3)ccc12. The maximum atomic E-state index is 7.52. The van der Waals surface area contributed by atoms with Gasteiger partial charge in [-0.1, -0.05) is 103 Å². The van der Waals surface area contributed by atoms with Gasteiger partial charge in [0.05, 0.1) is 6.57 Å². The Morgan fingerprint density at radius 3 is 1.74 bits per heavy atom. The summed E-state index contributed by atoms with van der Waals surface area (Å²) in [6, 6.07) is 40.0. The molecule has 6 aromatic rings. The summed E-state index contributed by atoms with van der Waals surface area (Å²) in [6.45, 7) is 7.52. The average molecular weight is 595 g/mol. The highest BCUT2D eigenvalue weighted by molar-refractivity contribution is 5.97. The Bertz CT molecular complexity index is 2110. The zero-order valence-electron chi connectivity index (χ0n) is 25.7. The number of aromatic nitrogens is 3. The van der Waals surface area contributed by atoms with Gasteiger partial charge in [0.1, 0.15) is 0 Å². The van der Waals surface area contributed by atoms with Crippen LogP contribution in [0.15, 0.2) is 115 Å². The van der Waals surface area contributed by atoms with Crippen LogP contribution in [0.2, 0.25) is 0 Å². The maximum Gasteiger partial charge on any atom is 0.194 e. The van der Waals surface area contributed by atoms with Crippen molar-refractivity contribution in [3.05, 3.63) is 132 Å². The number of hydrogen-bond donors (Lipinski definition) is 0. The molecule has 46 heavy (non-hydrogen) atoms. The smallest absolute Gasteiger partial charge is 0.194 e. The summed E-state index contributed by atoms with van der Waals surface area (Å²) in [5.74, 6) is 4.80. The van der Waals surface area contributed by atoms with E-state index in [4.69, 9.17) is 21.5 Å². The first-order chi connectivity index (χ1) is 22.6. The van der Waals surface area contributed by atoms with E-state index in [-0.39, 0.29) is 0 Å². The predicted octanol–water partition coefficient (Wildman–Crippen LogP) is 10.7. The van der Waals surface area contributed by atoms with Gasteiger partial charge in [0.25, 0.3) is 0 Å². The normalized spacial score (nSPS) is 23.0. The Kier molecular flexibility index (Phi) is 6.35. The first-order valence-corrected chi connectivity index (χ1v) is 16.6. The van der Waals surface area contributed by atoms with Crippen molar-refractivity contribution in [1.29, 1.82) is 0 Å². The molecule has 0 saturated heterocycles. The molecule has 0 atom stereocenters. The second-order valence-electron chi connectivity index (χ2n) is 13.9. The summed E-state index contributed by atoms with van der Waals surface area (Å²) in [7, 11) is 0. The van der Waals surface area contributed by atoms with Crippen LogP contribution in [0.1, 0.15) is 44.1 Å². The van der Waals surface area contributed by atoms with Crippen molar-refractivity contribution < 1.29 is 0 Å². The lowest BCUT2D eigenvalue weighted by Gasteiger charge is -2.57. The van der Waals surface area contributed by atoms with Crippen molar-refractivity contribution in [1.82, 2.24) is 15.0 Å². The number of hydrogen-bond acceptors (Lipinski definition) is 3. The first-order valence-electron chi connectivity index (χ1n) is 16.6. The molecule has 0 spiro atoms. The maximum absolute atomic E-state index is 7.52. The van der Waals surface area contributed by atoms with Gasteiger partial charge >= 0.3 is 0 Å². The van der Waals surface area contributed by atoms with Gasteiger partial charge in [-0.05, 0) is 101 Å². The van der Waals surface area contributed by atoms with E-state index in [0.29, 0.717) is 28.6 Å². The highest BCUT2D eigenvalue weighted by Gasteiger charge is 2.51. The van der Waals surface area contributed by atoms with Gasteiger partial charge in [-0.2, -0.15) is 0 Å². The third kappa shape index (κ3) is 4.70. The fourth-order valence-electron chi connectivity index (χ4n) is 9.17. The van der Waals surface area contributed by atoms with Crippen LogP contribution in [-0.4, -0.2) is 15.0 Å². The Morgan fingerprint density at radius 2 is 1.07 bits per heavy atom. The van der Waals surface area contributed by atoms with Crippen LogP contribution < -0.4 is 0 Å². The second kappa shape index (κ2) is 10.7. The summed E-state index contributed by atoms with van der Waals surface area (Å²) in [5, 5.41) is 2.03. The average Bonchev–Trinajstić information content (AvgIpc) is 3.11. The van der Waals surface area contributed by atoms with Gasteiger partial charge in [0.2, 0.25) is 0 Å². The molecule has 0 unspecified atom stereocenters. The molecule has 10 rings (SSSR count). The minimum absolute atomic E-state index is 0.369. The van der Waals surface area contributed by atoms with E-state index >= 15 is 0 Å². The Balaban J connectivity index is 1.10. The van der Waals surface area contributed by atoms with Crippen LogP contribution in [-0.2, 0) is 5.41 Å². The van der Waals surface area contributed by atoms with Gasteiger partial charge < -0.3 is 0 Å². The lowest BCUT2D eigenvalue weighted by atomic mass is 9.48. The molecule has 0 amide bonds. The van der Waals surface area contributed by atoms with E-state index in [1.54, 1.807) is 0 Å². The van der Waals surface area contributed by atoms with E-state index in [9.17, 15) is 0 Å². The molecule has 222 valence electrons. The Hall–Kier alpha value is -5.14. The number of benzene rings is 5. The van der Waals surface area contributed by atoms with Crippen molar-refractivity contribution >= 4 is 16.5 Å². The van der Waals surface area contributed by atoms with Crippen LogP contribution >= 0.6 is 0 Å². The standard InChI is InChI=1S/C42H34N4/c1-43-38-12-6-10-34-22-33(15-18-37(34)38)32-9-5-11-35(23-32)41-45-39(30-7-3-2-4-8-30)44-40(46-41)31-13-16-36(17-14-31)42-24-27-19-28(25-42)21-29(20-27)26-42/h2-18,22-23,27-29H,19-21,24-26H2. The minimum Gasteiger partial charge on any atom is -0.238 e. The molecule has 4 heteroatoms. The zero-order chi connectivity index (χ0) is 30.7. The molecule has 4 saturated carbocycles. The molecule has 4 aliphatic rings. The molecule has 4 bridgehead atoms. The quantitative estimate of drug-likeness (QED) is 0.187. The Labute approximate surface area is 270 Å². The largest absolute Gasteiger partial charge is 0.238 e. The number of fused-ring (bicyclic) bond motifs is 1. The highest BCUT2D eigenvalue weighted by Crippen LogP contribution is 2.60. The topological polar surface area (TPSA) is 43.0 Å². The molecule has 0 N–H and O–H groups in total. The molecule has 4 nitrogen and oxygen atoms in total. The molecule has 4 fully saturated rings. The van der Waals surface area contributed by atoms with Crippen LogP contribution in [0.3, 0.4) is 0 Å². The van der Waals surface area contributed by atoms with E-state index < -0.39 is 0 Å². The van der Waals surface area contributed by atoms with Gasteiger partial charge in [-0.25, -0.2) is 19.8 Å². The fraction of sp³-hybridized carbons (Fsp3) is 0.238. The third-order valence-corrected chi connectivity index (χ3v) is 10.9.